The SMILES string of the molecule is CC1(C)C=CC(C[Si](C)(C)C)=C(C[Si](C)(C)C)C=C1. The molecular formula is C17H32Si2. The molecule has 0 aromatic heterocycles. The number of allylic oxidation sites excluding steroid dienone is 6. The van der Waals surface area contributed by atoms with Crippen LogP contribution in [0.1, 0.15) is 13.8 Å². The van der Waals surface area contributed by atoms with Crippen molar-refractivity contribution in [3.05, 3.63) is 35.5 Å². The summed E-state index contributed by atoms with van der Waals surface area (Å²) in [5.41, 5.74) is 3.43. The lowest BCUT2D eigenvalue weighted by Gasteiger charge is -2.22. The summed E-state index contributed by atoms with van der Waals surface area (Å²) in [6.07, 6.45) is 9.62. The maximum Gasteiger partial charge on any atom is 0.0487 e. The monoisotopic (exact) mass is 292 g/mol. The topological polar surface area (TPSA) is 0 Å². The van der Waals surface area contributed by atoms with Gasteiger partial charge in [-0.1, -0.05) is 77.4 Å². The zero-order valence-corrected chi connectivity index (χ0v) is 16.2. The number of rotatable bonds is 4. The summed E-state index contributed by atoms with van der Waals surface area (Å²) in [6.45, 7) is 19.4. The van der Waals surface area contributed by atoms with Gasteiger partial charge < -0.3 is 0 Å². The molecule has 0 aromatic rings. The lowest BCUT2D eigenvalue weighted by atomic mass is 9.93. The van der Waals surface area contributed by atoms with Crippen molar-refractivity contribution in [1.29, 1.82) is 0 Å². The molecular weight excluding hydrogens is 260 g/mol. The Bertz CT molecular complexity index is 372. The van der Waals surface area contributed by atoms with E-state index in [9.17, 15) is 0 Å². The minimum absolute atomic E-state index is 0.200. The first-order valence-corrected chi connectivity index (χ1v) is 14.9. The molecule has 1 aliphatic rings. The van der Waals surface area contributed by atoms with Gasteiger partial charge in [-0.05, 0) is 23.2 Å². The van der Waals surface area contributed by atoms with Crippen LogP contribution in [-0.4, -0.2) is 16.1 Å². The molecule has 0 spiro atoms. The minimum atomic E-state index is -1.06. The molecule has 0 atom stereocenters. The first kappa shape index (κ1) is 16.7. The van der Waals surface area contributed by atoms with Crippen molar-refractivity contribution in [2.24, 2.45) is 5.41 Å². The molecule has 1 rings (SSSR count). The van der Waals surface area contributed by atoms with Gasteiger partial charge in [0.25, 0.3) is 0 Å². The zero-order valence-electron chi connectivity index (χ0n) is 14.2. The van der Waals surface area contributed by atoms with E-state index in [0.717, 1.165) is 0 Å². The molecule has 0 aliphatic heterocycles. The lowest BCUT2D eigenvalue weighted by Crippen LogP contribution is -2.23. The van der Waals surface area contributed by atoms with Crippen LogP contribution in [0.5, 0.6) is 0 Å². The average Bonchev–Trinajstić information content (AvgIpc) is 2.26. The summed E-state index contributed by atoms with van der Waals surface area (Å²) in [5, 5.41) is 0. The molecule has 0 saturated heterocycles. The molecule has 0 saturated carbocycles. The van der Waals surface area contributed by atoms with Gasteiger partial charge >= 0.3 is 0 Å². The number of hydrogen-bond acceptors (Lipinski definition) is 0. The Labute approximate surface area is 122 Å². The van der Waals surface area contributed by atoms with Crippen LogP contribution < -0.4 is 0 Å². The molecule has 2 heteroatoms. The van der Waals surface area contributed by atoms with E-state index in [2.05, 4.69) is 77.4 Å². The van der Waals surface area contributed by atoms with Crippen molar-refractivity contribution in [2.45, 2.75) is 65.2 Å². The second-order valence-electron chi connectivity index (χ2n) is 9.01. The molecule has 0 N–H and O–H groups in total. The molecule has 0 unspecified atom stereocenters. The third-order valence-corrected chi connectivity index (χ3v) is 6.17. The maximum atomic E-state index is 2.47. The molecule has 0 aromatic carbocycles. The molecule has 0 fully saturated rings. The molecule has 0 nitrogen and oxygen atoms in total. The van der Waals surface area contributed by atoms with Crippen molar-refractivity contribution >= 4 is 16.1 Å². The molecule has 19 heavy (non-hydrogen) atoms. The Morgan fingerprint density at radius 3 is 1.32 bits per heavy atom. The van der Waals surface area contributed by atoms with Gasteiger partial charge in [-0.25, -0.2) is 0 Å². The van der Waals surface area contributed by atoms with Crippen molar-refractivity contribution < 1.29 is 0 Å². The van der Waals surface area contributed by atoms with Gasteiger partial charge in [-0.2, -0.15) is 0 Å². The molecule has 0 bridgehead atoms. The smallest absolute Gasteiger partial charge is 0.0487 e. The predicted molar refractivity (Wildman–Crippen MR) is 95.4 cm³/mol. The van der Waals surface area contributed by atoms with Crippen LogP contribution in [0.3, 0.4) is 0 Å². The van der Waals surface area contributed by atoms with Crippen LogP contribution in [-0.2, 0) is 0 Å². The fraction of sp³-hybridized carbons (Fsp3) is 0.647. The van der Waals surface area contributed by atoms with Crippen LogP contribution in [0.25, 0.3) is 0 Å². The summed E-state index contributed by atoms with van der Waals surface area (Å²) in [4.78, 5) is 0. The van der Waals surface area contributed by atoms with Gasteiger partial charge in [-0.15, -0.1) is 0 Å². The zero-order chi connectivity index (χ0) is 14.9. The van der Waals surface area contributed by atoms with Gasteiger partial charge in [0.2, 0.25) is 0 Å². The van der Waals surface area contributed by atoms with Crippen molar-refractivity contribution in [1.82, 2.24) is 0 Å². The Balaban J connectivity index is 3.14. The highest BCUT2D eigenvalue weighted by atomic mass is 28.3. The van der Waals surface area contributed by atoms with Crippen LogP contribution in [0.2, 0.25) is 51.4 Å². The fourth-order valence-electron chi connectivity index (χ4n) is 2.39. The van der Waals surface area contributed by atoms with Crippen LogP contribution >= 0.6 is 0 Å². The fourth-order valence-corrected chi connectivity index (χ4v) is 5.36. The van der Waals surface area contributed by atoms with Gasteiger partial charge in [0.15, 0.2) is 0 Å². The highest BCUT2D eigenvalue weighted by Crippen LogP contribution is 2.33. The Morgan fingerprint density at radius 2 is 1.05 bits per heavy atom. The van der Waals surface area contributed by atoms with Gasteiger partial charge in [0.1, 0.15) is 0 Å². The van der Waals surface area contributed by atoms with Crippen LogP contribution in [0.15, 0.2) is 35.5 Å². The second-order valence-corrected chi connectivity index (χ2v) is 20.0. The molecule has 1 aliphatic carbocycles. The van der Waals surface area contributed by atoms with E-state index in [1.165, 1.54) is 12.1 Å². The Morgan fingerprint density at radius 1 is 0.737 bits per heavy atom. The van der Waals surface area contributed by atoms with Crippen LogP contribution in [0.4, 0.5) is 0 Å². The molecule has 0 amide bonds. The van der Waals surface area contributed by atoms with Gasteiger partial charge in [0.05, 0.1) is 0 Å². The summed E-state index contributed by atoms with van der Waals surface area (Å²) < 4.78 is 0. The first-order chi connectivity index (χ1) is 8.38. The van der Waals surface area contributed by atoms with E-state index in [1.807, 2.05) is 0 Å². The van der Waals surface area contributed by atoms with Crippen molar-refractivity contribution in [3.8, 4) is 0 Å². The minimum Gasteiger partial charge on any atom is -0.0748 e. The van der Waals surface area contributed by atoms with E-state index < -0.39 is 16.1 Å². The molecule has 108 valence electrons. The van der Waals surface area contributed by atoms with Crippen LogP contribution in [0, 0.1) is 5.41 Å². The van der Waals surface area contributed by atoms with E-state index in [1.54, 1.807) is 11.1 Å². The quantitative estimate of drug-likeness (QED) is 0.548. The van der Waals surface area contributed by atoms with Gasteiger partial charge in [-0.3, -0.25) is 0 Å². The van der Waals surface area contributed by atoms with E-state index in [0.29, 0.717) is 0 Å². The highest BCUT2D eigenvalue weighted by Gasteiger charge is 2.23. The van der Waals surface area contributed by atoms with Crippen molar-refractivity contribution in [2.75, 3.05) is 0 Å². The molecule has 0 heterocycles. The standard InChI is InChI=1S/C17H32Si2/c1-17(2)11-9-15(13-18(3,4)5)16(10-12-17)14-19(6,7)8/h9-12H,13-14H2,1-8H3. The van der Waals surface area contributed by atoms with Gasteiger partial charge in [0, 0.05) is 21.6 Å². The Hall–Kier alpha value is -0.346. The summed E-state index contributed by atoms with van der Waals surface area (Å²) in [5.74, 6) is 0. The third kappa shape index (κ3) is 6.57. The third-order valence-electron chi connectivity index (χ3n) is 3.28. The second kappa shape index (κ2) is 5.57. The Kier molecular flexibility index (Phi) is 4.90. The normalized spacial score (nSPS) is 19.8. The largest absolute Gasteiger partial charge is 0.0748 e. The lowest BCUT2D eigenvalue weighted by molar-refractivity contribution is 0.626. The molecule has 0 radical (unpaired) electrons. The number of hydrogen-bond donors (Lipinski definition) is 0. The summed E-state index contributed by atoms with van der Waals surface area (Å²) in [6, 6.07) is 2.62. The first-order valence-electron chi connectivity index (χ1n) is 7.49. The van der Waals surface area contributed by atoms with E-state index in [4.69, 9.17) is 0 Å². The predicted octanol–water partition coefficient (Wildman–Crippen LogP) is 6.11. The highest BCUT2D eigenvalue weighted by molar-refractivity contribution is 6.77. The summed E-state index contributed by atoms with van der Waals surface area (Å²) in [7, 11) is -2.12. The van der Waals surface area contributed by atoms with E-state index >= 15 is 0 Å². The van der Waals surface area contributed by atoms with Crippen molar-refractivity contribution in [3.63, 3.8) is 0 Å². The summed E-state index contributed by atoms with van der Waals surface area (Å²) >= 11 is 0. The maximum absolute atomic E-state index is 2.47. The average molecular weight is 293 g/mol. The van der Waals surface area contributed by atoms with E-state index in [-0.39, 0.29) is 5.41 Å².